The van der Waals surface area contributed by atoms with Crippen molar-refractivity contribution in [1.82, 2.24) is 4.57 Å². The Morgan fingerprint density at radius 1 is 1.33 bits per heavy atom. The number of halogens is 1. The normalized spacial score (nSPS) is 13.8. The number of rotatable bonds is 2. The van der Waals surface area contributed by atoms with Crippen molar-refractivity contribution < 1.29 is 5.11 Å². The van der Waals surface area contributed by atoms with E-state index in [2.05, 4.69) is 28.9 Å². The van der Waals surface area contributed by atoms with Crippen molar-refractivity contribution in [2.45, 2.75) is 39.0 Å². The molecule has 2 aromatic rings. The summed E-state index contributed by atoms with van der Waals surface area (Å²) >= 11 is 3.43. The van der Waals surface area contributed by atoms with E-state index in [9.17, 15) is 5.11 Å². The van der Waals surface area contributed by atoms with Gasteiger partial charge >= 0.3 is 0 Å². The molecule has 0 radical (unpaired) electrons. The molecule has 1 aromatic carbocycles. The highest BCUT2D eigenvalue weighted by Gasteiger charge is 2.24. The molecule has 0 atom stereocenters. The van der Waals surface area contributed by atoms with Gasteiger partial charge in [-0.05, 0) is 71.8 Å². The van der Waals surface area contributed by atoms with E-state index in [1.807, 2.05) is 16.7 Å². The third-order valence-corrected chi connectivity index (χ3v) is 4.90. The first-order chi connectivity index (χ1) is 10.2. The Bertz CT molecular complexity index is 740. The molecule has 1 aliphatic carbocycles. The van der Waals surface area contributed by atoms with Crippen molar-refractivity contribution in [3.8, 4) is 17.6 Å². The third kappa shape index (κ3) is 2.26. The van der Waals surface area contributed by atoms with Crippen LogP contribution in [-0.2, 0) is 19.3 Å². The Balaban J connectivity index is 2.21. The topological polar surface area (TPSA) is 49.0 Å². The lowest BCUT2D eigenvalue weighted by Crippen LogP contribution is -2.07. The van der Waals surface area contributed by atoms with Gasteiger partial charge in [0, 0.05) is 21.4 Å². The molecule has 0 saturated carbocycles. The molecule has 21 heavy (non-hydrogen) atoms. The highest BCUT2D eigenvalue weighted by Crippen LogP contribution is 2.37. The lowest BCUT2D eigenvalue weighted by molar-refractivity contribution is 0.434. The Hall–Kier alpha value is -1.73. The van der Waals surface area contributed by atoms with E-state index >= 15 is 0 Å². The van der Waals surface area contributed by atoms with Crippen LogP contribution in [0.3, 0.4) is 0 Å². The van der Waals surface area contributed by atoms with Crippen molar-refractivity contribution in [1.29, 1.82) is 5.26 Å². The molecule has 0 amide bonds. The molecule has 1 N–H and O–H groups in total. The van der Waals surface area contributed by atoms with E-state index < -0.39 is 0 Å². The lowest BCUT2D eigenvalue weighted by atomic mass is 9.94. The zero-order valence-electron chi connectivity index (χ0n) is 12.0. The van der Waals surface area contributed by atoms with Crippen LogP contribution in [0.2, 0.25) is 0 Å². The van der Waals surface area contributed by atoms with Crippen LogP contribution in [0.1, 0.15) is 42.1 Å². The van der Waals surface area contributed by atoms with Crippen molar-refractivity contribution in [3.05, 3.63) is 45.1 Å². The minimum absolute atomic E-state index is 0.362. The standard InChI is InChI=1S/C17H17BrN2O/c1-2-13-14-5-3-4-6-16(14)20(17(13)21)12-8-7-11(10-19)15(18)9-12/h7-9,21H,2-6H2,1H3. The van der Waals surface area contributed by atoms with Gasteiger partial charge in [-0.1, -0.05) is 6.92 Å². The van der Waals surface area contributed by atoms with Gasteiger partial charge in [-0.15, -0.1) is 0 Å². The van der Waals surface area contributed by atoms with Crippen LogP contribution < -0.4 is 0 Å². The van der Waals surface area contributed by atoms with Crippen LogP contribution in [0.4, 0.5) is 0 Å². The molecular formula is C17H17BrN2O. The van der Waals surface area contributed by atoms with E-state index in [0.29, 0.717) is 11.4 Å². The van der Waals surface area contributed by atoms with Crippen LogP contribution >= 0.6 is 15.9 Å². The van der Waals surface area contributed by atoms with Gasteiger partial charge < -0.3 is 5.11 Å². The van der Waals surface area contributed by atoms with Crippen LogP contribution in [0.5, 0.6) is 5.88 Å². The van der Waals surface area contributed by atoms with Crippen LogP contribution in [0.15, 0.2) is 22.7 Å². The average molecular weight is 345 g/mol. The van der Waals surface area contributed by atoms with Gasteiger partial charge in [-0.25, -0.2) is 0 Å². The van der Waals surface area contributed by atoms with E-state index in [1.165, 1.54) is 17.7 Å². The Labute approximate surface area is 133 Å². The maximum absolute atomic E-state index is 10.6. The molecule has 0 fully saturated rings. The number of fused-ring (bicyclic) bond motifs is 1. The van der Waals surface area contributed by atoms with Crippen molar-refractivity contribution in [3.63, 3.8) is 0 Å². The van der Waals surface area contributed by atoms with Gasteiger partial charge in [0.25, 0.3) is 0 Å². The monoisotopic (exact) mass is 344 g/mol. The summed E-state index contributed by atoms with van der Waals surface area (Å²) in [7, 11) is 0. The summed E-state index contributed by atoms with van der Waals surface area (Å²) in [4.78, 5) is 0. The average Bonchev–Trinajstić information content (AvgIpc) is 2.78. The second-order valence-corrected chi connectivity index (χ2v) is 6.25. The predicted octanol–water partition coefficient (Wildman–Crippen LogP) is 4.26. The van der Waals surface area contributed by atoms with Gasteiger partial charge in [0.2, 0.25) is 0 Å². The number of aromatic hydroxyl groups is 1. The van der Waals surface area contributed by atoms with Crippen LogP contribution in [0, 0.1) is 11.3 Å². The predicted molar refractivity (Wildman–Crippen MR) is 85.9 cm³/mol. The summed E-state index contributed by atoms with van der Waals surface area (Å²) in [5, 5.41) is 19.7. The highest BCUT2D eigenvalue weighted by molar-refractivity contribution is 9.10. The van der Waals surface area contributed by atoms with Crippen LogP contribution in [0.25, 0.3) is 5.69 Å². The third-order valence-electron chi connectivity index (χ3n) is 4.24. The summed E-state index contributed by atoms with van der Waals surface area (Å²) in [6.07, 6.45) is 5.26. The quantitative estimate of drug-likeness (QED) is 0.884. The van der Waals surface area contributed by atoms with Gasteiger partial charge in [-0.2, -0.15) is 5.26 Å². The molecule has 1 heterocycles. The summed E-state index contributed by atoms with van der Waals surface area (Å²) < 4.78 is 2.72. The molecule has 1 aromatic heterocycles. The largest absolute Gasteiger partial charge is 0.494 e. The van der Waals surface area contributed by atoms with Crippen molar-refractivity contribution in [2.75, 3.05) is 0 Å². The first-order valence-electron chi connectivity index (χ1n) is 7.31. The van der Waals surface area contributed by atoms with E-state index in [1.54, 1.807) is 6.07 Å². The molecule has 0 aliphatic heterocycles. The summed E-state index contributed by atoms with van der Waals surface area (Å²) in [5.74, 6) is 0.362. The molecule has 0 saturated heterocycles. The fourth-order valence-corrected chi connectivity index (χ4v) is 3.70. The van der Waals surface area contributed by atoms with Gasteiger partial charge in [-0.3, -0.25) is 4.57 Å². The zero-order valence-corrected chi connectivity index (χ0v) is 13.6. The molecule has 3 rings (SSSR count). The maximum atomic E-state index is 10.6. The number of benzene rings is 1. The Morgan fingerprint density at radius 2 is 2.10 bits per heavy atom. The molecular weight excluding hydrogens is 328 g/mol. The molecule has 0 bridgehead atoms. The Morgan fingerprint density at radius 3 is 2.76 bits per heavy atom. The van der Waals surface area contributed by atoms with Crippen LogP contribution in [-0.4, -0.2) is 9.67 Å². The molecule has 1 aliphatic rings. The van der Waals surface area contributed by atoms with E-state index in [0.717, 1.165) is 41.4 Å². The molecule has 108 valence electrons. The Kier molecular flexibility index (Phi) is 3.77. The second-order valence-electron chi connectivity index (χ2n) is 5.40. The first kappa shape index (κ1) is 14.2. The SMILES string of the molecule is CCc1c2c(n(-c3ccc(C#N)c(Br)c3)c1O)CCCC2. The first-order valence-corrected chi connectivity index (χ1v) is 8.11. The summed E-state index contributed by atoms with van der Waals surface area (Å²) in [5.41, 5.74) is 5.14. The number of hydrogen-bond acceptors (Lipinski definition) is 2. The second kappa shape index (κ2) is 5.57. The minimum atomic E-state index is 0.362. The zero-order chi connectivity index (χ0) is 15.0. The molecule has 4 heteroatoms. The van der Waals surface area contributed by atoms with E-state index in [-0.39, 0.29) is 0 Å². The maximum Gasteiger partial charge on any atom is 0.199 e. The number of nitriles is 1. The number of nitrogens with zero attached hydrogens (tertiary/aromatic N) is 2. The van der Waals surface area contributed by atoms with Gasteiger partial charge in [0.15, 0.2) is 5.88 Å². The summed E-state index contributed by atoms with van der Waals surface area (Å²) in [6, 6.07) is 7.75. The molecule has 0 unspecified atom stereocenters. The molecule has 0 spiro atoms. The smallest absolute Gasteiger partial charge is 0.199 e. The van der Waals surface area contributed by atoms with E-state index in [4.69, 9.17) is 5.26 Å². The lowest BCUT2D eigenvalue weighted by Gasteiger charge is -2.16. The van der Waals surface area contributed by atoms with Gasteiger partial charge in [0.05, 0.1) is 5.56 Å². The highest BCUT2D eigenvalue weighted by atomic mass is 79.9. The van der Waals surface area contributed by atoms with Gasteiger partial charge in [0.1, 0.15) is 6.07 Å². The fourth-order valence-electron chi connectivity index (χ4n) is 3.24. The molecule has 3 nitrogen and oxygen atoms in total. The fraction of sp³-hybridized carbons (Fsp3) is 0.353. The van der Waals surface area contributed by atoms with Crippen molar-refractivity contribution >= 4 is 15.9 Å². The number of hydrogen-bond donors (Lipinski definition) is 1. The number of aromatic nitrogens is 1. The minimum Gasteiger partial charge on any atom is -0.494 e. The summed E-state index contributed by atoms with van der Waals surface area (Å²) in [6.45, 7) is 2.09. The van der Waals surface area contributed by atoms with Crippen molar-refractivity contribution in [2.24, 2.45) is 0 Å².